The van der Waals surface area contributed by atoms with Gasteiger partial charge in [-0.1, -0.05) is 30.8 Å². The highest BCUT2D eigenvalue weighted by molar-refractivity contribution is 7.99. The van der Waals surface area contributed by atoms with E-state index in [-0.39, 0.29) is 0 Å². The third-order valence-corrected chi connectivity index (χ3v) is 5.28. The van der Waals surface area contributed by atoms with Gasteiger partial charge < -0.3 is 5.11 Å². The van der Waals surface area contributed by atoms with Gasteiger partial charge in [0.15, 0.2) is 9.84 Å². The second-order valence-corrected chi connectivity index (χ2v) is 8.00. The number of rotatable bonds is 5. The molecule has 0 bridgehead atoms. The van der Waals surface area contributed by atoms with Crippen molar-refractivity contribution >= 4 is 21.6 Å². The SMILES string of the molecule is CCC(O)c1ccc(Sc2ccc(S(C)(=O)=O)cc2)cc1. The van der Waals surface area contributed by atoms with Crippen molar-refractivity contribution in [1.29, 1.82) is 0 Å². The third-order valence-electron chi connectivity index (χ3n) is 3.14. The Balaban J connectivity index is 2.11. The van der Waals surface area contributed by atoms with Crippen molar-refractivity contribution in [2.45, 2.75) is 34.1 Å². The van der Waals surface area contributed by atoms with Crippen LogP contribution < -0.4 is 0 Å². The van der Waals surface area contributed by atoms with Crippen LogP contribution in [0.2, 0.25) is 0 Å². The largest absolute Gasteiger partial charge is 0.388 e. The lowest BCUT2D eigenvalue weighted by Gasteiger charge is -2.09. The molecule has 1 unspecified atom stereocenters. The van der Waals surface area contributed by atoms with Crippen LogP contribution in [-0.2, 0) is 9.84 Å². The quantitative estimate of drug-likeness (QED) is 0.912. The lowest BCUT2D eigenvalue weighted by molar-refractivity contribution is 0.173. The van der Waals surface area contributed by atoms with Crippen LogP contribution in [0.3, 0.4) is 0 Å². The molecule has 3 nitrogen and oxygen atoms in total. The van der Waals surface area contributed by atoms with E-state index < -0.39 is 15.9 Å². The van der Waals surface area contributed by atoms with Gasteiger partial charge >= 0.3 is 0 Å². The first-order valence-corrected chi connectivity index (χ1v) is 9.37. The molecule has 21 heavy (non-hydrogen) atoms. The minimum atomic E-state index is -3.15. The molecular weight excluding hydrogens is 304 g/mol. The molecule has 0 aliphatic heterocycles. The van der Waals surface area contributed by atoms with E-state index in [1.165, 1.54) is 6.26 Å². The topological polar surface area (TPSA) is 54.4 Å². The van der Waals surface area contributed by atoms with Gasteiger partial charge in [-0.25, -0.2) is 8.42 Å². The first-order chi connectivity index (χ1) is 9.90. The first-order valence-electron chi connectivity index (χ1n) is 6.66. The van der Waals surface area contributed by atoms with Crippen molar-refractivity contribution < 1.29 is 13.5 Å². The fourth-order valence-corrected chi connectivity index (χ4v) is 3.33. The number of hydrogen-bond acceptors (Lipinski definition) is 4. The third kappa shape index (κ3) is 4.33. The number of aliphatic hydroxyl groups excluding tert-OH is 1. The molecular formula is C16H18O3S2. The van der Waals surface area contributed by atoms with E-state index in [2.05, 4.69) is 0 Å². The summed E-state index contributed by atoms with van der Waals surface area (Å²) in [6, 6.07) is 14.6. The fourth-order valence-electron chi connectivity index (χ4n) is 1.88. The highest BCUT2D eigenvalue weighted by Crippen LogP contribution is 2.29. The van der Waals surface area contributed by atoms with Crippen LogP contribution in [0.4, 0.5) is 0 Å². The molecule has 2 aromatic carbocycles. The van der Waals surface area contributed by atoms with Gasteiger partial charge in [0.25, 0.3) is 0 Å². The maximum absolute atomic E-state index is 11.4. The molecule has 112 valence electrons. The molecule has 5 heteroatoms. The molecule has 0 amide bonds. The van der Waals surface area contributed by atoms with Gasteiger partial charge in [0.2, 0.25) is 0 Å². The van der Waals surface area contributed by atoms with Crippen LogP contribution in [-0.4, -0.2) is 19.8 Å². The normalized spacial score (nSPS) is 13.1. The van der Waals surface area contributed by atoms with E-state index >= 15 is 0 Å². The van der Waals surface area contributed by atoms with E-state index in [0.717, 1.165) is 15.4 Å². The first kappa shape index (κ1) is 16.1. The summed E-state index contributed by atoms with van der Waals surface area (Å²) in [7, 11) is -3.15. The van der Waals surface area contributed by atoms with Crippen molar-refractivity contribution in [2.24, 2.45) is 0 Å². The lowest BCUT2D eigenvalue weighted by atomic mass is 10.1. The summed E-state index contributed by atoms with van der Waals surface area (Å²) in [5.41, 5.74) is 0.911. The Bertz CT molecular complexity index is 689. The molecule has 0 aliphatic rings. The molecule has 0 fully saturated rings. The monoisotopic (exact) mass is 322 g/mol. The average Bonchev–Trinajstić information content (AvgIpc) is 2.47. The van der Waals surface area contributed by atoms with Crippen LogP contribution in [0.25, 0.3) is 0 Å². The molecule has 0 radical (unpaired) electrons. The van der Waals surface area contributed by atoms with Crippen molar-refractivity contribution in [3.63, 3.8) is 0 Å². The minimum absolute atomic E-state index is 0.327. The average molecular weight is 322 g/mol. The van der Waals surface area contributed by atoms with Gasteiger partial charge in [-0.2, -0.15) is 0 Å². The second-order valence-electron chi connectivity index (χ2n) is 4.84. The van der Waals surface area contributed by atoms with Crippen molar-refractivity contribution in [2.75, 3.05) is 6.26 Å². The van der Waals surface area contributed by atoms with Gasteiger partial charge in [0.1, 0.15) is 0 Å². The Morgan fingerprint density at radius 3 is 1.90 bits per heavy atom. The number of sulfone groups is 1. The molecule has 1 atom stereocenters. The van der Waals surface area contributed by atoms with Gasteiger partial charge in [-0.3, -0.25) is 0 Å². The fraction of sp³-hybridized carbons (Fsp3) is 0.250. The standard InChI is InChI=1S/C16H18O3S2/c1-3-16(17)12-4-6-13(7-5-12)20-14-8-10-15(11-9-14)21(2,18)19/h4-11,16-17H,3H2,1-2H3. The molecule has 0 saturated carbocycles. The maximum atomic E-state index is 11.4. The van der Waals surface area contributed by atoms with E-state index in [9.17, 15) is 13.5 Å². The van der Waals surface area contributed by atoms with Crippen LogP contribution in [0.5, 0.6) is 0 Å². The van der Waals surface area contributed by atoms with Crippen molar-refractivity contribution in [3.05, 3.63) is 54.1 Å². The Hall–Kier alpha value is -1.30. The second kappa shape index (κ2) is 6.64. The summed E-state index contributed by atoms with van der Waals surface area (Å²) in [6.07, 6.45) is 1.48. The molecule has 0 heterocycles. The minimum Gasteiger partial charge on any atom is -0.388 e. The highest BCUT2D eigenvalue weighted by Gasteiger charge is 2.07. The molecule has 0 saturated heterocycles. The molecule has 2 aromatic rings. The summed E-state index contributed by atoms with van der Waals surface area (Å²) >= 11 is 1.56. The Labute approximate surface area is 129 Å². The molecule has 0 aromatic heterocycles. The lowest BCUT2D eigenvalue weighted by Crippen LogP contribution is -1.96. The van der Waals surface area contributed by atoms with Gasteiger partial charge in [0, 0.05) is 16.0 Å². The van der Waals surface area contributed by atoms with E-state index in [0.29, 0.717) is 11.3 Å². The van der Waals surface area contributed by atoms with Gasteiger partial charge in [0.05, 0.1) is 11.0 Å². The molecule has 0 aliphatic carbocycles. The van der Waals surface area contributed by atoms with Crippen LogP contribution in [0, 0.1) is 0 Å². The zero-order chi connectivity index (χ0) is 15.5. The predicted octanol–water partition coefficient (Wildman–Crippen LogP) is 3.68. The zero-order valence-electron chi connectivity index (χ0n) is 12.0. The highest BCUT2D eigenvalue weighted by atomic mass is 32.2. The predicted molar refractivity (Wildman–Crippen MR) is 85.4 cm³/mol. The molecule has 2 rings (SSSR count). The van der Waals surface area contributed by atoms with E-state index in [1.54, 1.807) is 36.0 Å². The summed E-state index contributed by atoms with van der Waals surface area (Å²) in [5.74, 6) is 0. The van der Waals surface area contributed by atoms with E-state index in [1.807, 2.05) is 31.2 Å². The molecule has 1 N–H and O–H groups in total. The molecule has 0 spiro atoms. The Morgan fingerprint density at radius 2 is 1.48 bits per heavy atom. The summed E-state index contributed by atoms with van der Waals surface area (Å²) < 4.78 is 22.8. The number of benzene rings is 2. The number of aliphatic hydroxyl groups is 1. The maximum Gasteiger partial charge on any atom is 0.175 e. The smallest absolute Gasteiger partial charge is 0.175 e. The van der Waals surface area contributed by atoms with Crippen LogP contribution in [0.1, 0.15) is 25.0 Å². The zero-order valence-corrected chi connectivity index (χ0v) is 13.6. The number of hydrogen-bond donors (Lipinski definition) is 1. The Morgan fingerprint density at radius 1 is 1.00 bits per heavy atom. The summed E-state index contributed by atoms with van der Waals surface area (Å²) in [6.45, 7) is 1.94. The van der Waals surface area contributed by atoms with Crippen LogP contribution in [0.15, 0.2) is 63.2 Å². The summed E-state index contributed by atoms with van der Waals surface area (Å²) in [4.78, 5) is 2.36. The summed E-state index contributed by atoms with van der Waals surface area (Å²) in [5, 5.41) is 9.75. The van der Waals surface area contributed by atoms with Gasteiger partial charge in [-0.15, -0.1) is 0 Å². The van der Waals surface area contributed by atoms with Gasteiger partial charge in [-0.05, 0) is 48.4 Å². The van der Waals surface area contributed by atoms with Crippen molar-refractivity contribution in [3.8, 4) is 0 Å². The van der Waals surface area contributed by atoms with Crippen LogP contribution >= 0.6 is 11.8 Å². The van der Waals surface area contributed by atoms with E-state index in [4.69, 9.17) is 0 Å². The Kier molecular flexibility index (Phi) is 5.08. The van der Waals surface area contributed by atoms with Crippen molar-refractivity contribution in [1.82, 2.24) is 0 Å².